The van der Waals surface area contributed by atoms with Crippen LogP contribution in [0.25, 0.3) is 27.7 Å². The van der Waals surface area contributed by atoms with Crippen LogP contribution >= 0.6 is 11.3 Å². The van der Waals surface area contributed by atoms with E-state index < -0.39 is 5.97 Å². The summed E-state index contributed by atoms with van der Waals surface area (Å²) in [5, 5.41) is 14.7. The highest BCUT2D eigenvalue weighted by atomic mass is 32.1. The van der Waals surface area contributed by atoms with E-state index in [0.717, 1.165) is 38.0 Å². The van der Waals surface area contributed by atoms with Gasteiger partial charge in [-0.3, -0.25) is 4.79 Å². The molecule has 0 saturated carbocycles. The fourth-order valence-electron chi connectivity index (χ4n) is 3.72. The first-order valence-electron chi connectivity index (χ1n) is 9.86. The molecule has 0 amide bonds. The average molecular weight is 421 g/mol. The number of carboxylic acids is 1. The molecule has 0 fully saturated rings. The van der Waals surface area contributed by atoms with Gasteiger partial charge in [-0.2, -0.15) is 5.10 Å². The van der Waals surface area contributed by atoms with Gasteiger partial charge in [-0.25, -0.2) is 9.67 Å². The second kappa shape index (κ2) is 7.91. The van der Waals surface area contributed by atoms with Gasteiger partial charge in [-0.05, 0) is 63.1 Å². The van der Waals surface area contributed by atoms with E-state index in [4.69, 9.17) is 0 Å². The Labute approximate surface area is 179 Å². The molecule has 1 N–H and O–H groups in total. The standard InChI is InChI=1S/C23H24N4O2S/c1-14(2)27-21(9-10-24-27)26-15(3)11-17(16(26)4)12-18(13-22(28)29)23-25-19-7-5-6-8-20(19)30-23/h5-12,14H,13H2,1-4H3,(H,28,29). The number of para-hydroxylation sites is 1. The lowest BCUT2D eigenvalue weighted by Crippen LogP contribution is -2.11. The van der Waals surface area contributed by atoms with Crippen LogP contribution in [0, 0.1) is 13.8 Å². The molecular weight excluding hydrogens is 396 g/mol. The molecule has 0 atom stereocenters. The third-order valence-electron chi connectivity index (χ3n) is 5.08. The van der Waals surface area contributed by atoms with E-state index in [1.807, 2.05) is 48.0 Å². The second-order valence-corrected chi connectivity index (χ2v) is 8.65. The maximum atomic E-state index is 11.6. The van der Waals surface area contributed by atoms with Crippen LogP contribution in [0.1, 0.15) is 48.3 Å². The fourth-order valence-corrected chi connectivity index (χ4v) is 4.70. The van der Waals surface area contributed by atoms with E-state index in [1.165, 1.54) is 11.3 Å². The van der Waals surface area contributed by atoms with Crippen LogP contribution in [0.15, 0.2) is 42.6 Å². The highest BCUT2D eigenvalue weighted by molar-refractivity contribution is 7.19. The van der Waals surface area contributed by atoms with Crippen molar-refractivity contribution in [2.24, 2.45) is 0 Å². The van der Waals surface area contributed by atoms with Crippen molar-refractivity contribution in [3.05, 3.63) is 64.6 Å². The summed E-state index contributed by atoms with van der Waals surface area (Å²) in [6, 6.07) is 12.2. The van der Waals surface area contributed by atoms with Crippen molar-refractivity contribution in [1.29, 1.82) is 0 Å². The Morgan fingerprint density at radius 1 is 1.23 bits per heavy atom. The molecule has 0 aliphatic heterocycles. The number of benzene rings is 1. The van der Waals surface area contributed by atoms with Crippen molar-refractivity contribution in [1.82, 2.24) is 19.3 Å². The molecule has 154 valence electrons. The molecule has 0 bridgehead atoms. The minimum Gasteiger partial charge on any atom is -0.481 e. The Kier molecular flexibility index (Phi) is 5.30. The zero-order valence-corrected chi connectivity index (χ0v) is 18.3. The minimum atomic E-state index is -0.868. The van der Waals surface area contributed by atoms with E-state index in [0.29, 0.717) is 5.57 Å². The van der Waals surface area contributed by atoms with Crippen LogP contribution in [-0.2, 0) is 4.79 Å². The molecule has 0 spiro atoms. The molecule has 7 heteroatoms. The number of aliphatic carboxylic acids is 1. The predicted molar refractivity (Wildman–Crippen MR) is 121 cm³/mol. The summed E-state index contributed by atoms with van der Waals surface area (Å²) in [6.45, 7) is 8.30. The van der Waals surface area contributed by atoms with Crippen molar-refractivity contribution in [2.45, 2.75) is 40.2 Å². The Morgan fingerprint density at radius 3 is 2.70 bits per heavy atom. The van der Waals surface area contributed by atoms with E-state index in [-0.39, 0.29) is 12.5 Å². The Morgan fingerprint density at radius 2 is 2.00 bits per heavy atom. The molecule has 6 nitrogen and oxygen atoms in total. The monoisotopic (exact) mass is 420 g/mol. The third kappa shape index (κ3) is 3.68. The number of hydrogen-bond acceptors (Lipinski definition) is 4. The third-order valence-corrected chi connectivity index (χ3v) is 6.19. The molecule has 0 aliphatic rings. The van der Waals surface area contributed by atoms with Crippen LogP contribution < -0.4 is 0 Å². The van der Waals surface area contributed by atoms with Gasteiger partial charge in [-0.15, -0.1) is 11.3 Å². The number of hydrogen-bond donors (Lipinski definition) is 1. The highest BCUT2D eigenvalue weighted by Gasteiger charge is 2.17. The molecule has 1 aromatic carbocycles. The van der Waals surface area contributed by atoms with Gasteiger partial charge in [0.25, 0.3) is 0 Å². The molecule has 30 heavy (non-hydrogen) atoms. The molecule has 0 aliphatic carbocycles. The summed E-state index contributed by atoms with van der Waals surface area (Å²) in [5.41, 5.74) is 4.69. The number of nitrogens with zero attached hydrogens (tertiary/aromatic N) is 4. The number of fused-ring (bicyclic) bond motifs is 1. The van der Waals surface area contributed by atoms with Crippen LogP contribution in [-0.4, -0.2) is 30.4 Å². The van der Waals surface area contributed by atoms with Gasteiger partial charge < -0.3 is 9.67 Å². The summed E-state index contributed by atoms with van der Waals surface area (Å²) in [4.78, 5) is 16.2. The van der Waals surface area contributed by atoms with Gasteiger partial charge in [0.2, 0.25) is 0 Å². The molecule has 4 aromatic rings. The van der Waals surface area contributed by atoms with Gasteiger partial charge in [-0.1, -0.05) is 12.1 Å². The van der Waals surface area contributed by atoms with Gasteiger partial charge in [0.1, 0.15) is 10.8 Å². The van der Waals surface area contributed by atoms with Crippen molar-refractivity contribution in [3.63, 3.8) is 0 Å². The van der Waals surface area contributed by atoms with Crippen molar-refractivity contribution in [2.75, 3.05) is 0 Å². The smallest absolute Gasteiger partial charge is 0.307 e. The molecule has 4 rings (SSSR count). The van der Waals surface area contributed by atoms with E-state index in [9.17, 15) is 9.90 Å². The lowest BCUT2D eigenvalue weighted by molar-refractivity contribution is -0.135. The SMILES string of the molecule is Cc1cc(C=C(CC(=O)O)c2nc3ccccc3s2)c(C)n1-c1ccnn1C(C)C. The molecule has 3 aromatic heterocycles. The molecule has 0 saturated heterocycles. The average Bonchev–Trinajstić information content (AvgIpc) is 3.38. The largest absolute Gasteiger partial charge is 0.481 e. The summed E-state index contributed by atoms with van der Waals surface area (Å²) in [5.74, 6) is 0.131. The molecule has 3 heterocycles. The van der Waals surface area contributed by atoms with E-state index in [1.54, 1.807) is 6.20 Å². The molecule has 0 unspecified atom stereocenters. The second-order valence-electron chi connectivity index (χ2n) is 7.62. The quantitative estimate of drug-likeness (QED) is 0.447. The van der Waals surface area contributed by atoms with E-state index >= 15 is 0 Å². The summed E-state index contributed by atoms with van der Waals surface area (Å²) in [7, 11) is 0. The van der Waals surface area contributed by atoms with Crippen LogP contribution in [0.3, 0.4) is 0 Å². The van der Waals surface area contributed by atoms with Crippen molar-refractivity contribution in [3.8, 4) is 5.82 Å². The highest BCUT2D eigenvalue weighted by Crippen LogP contribution is 2.32. The number of aryl methyl sites for hydroxylation is 1. The van der Waals surface area contributed by atoms with Crippen LogP contribution in [0.2, 0.25) is 0 Å². The number of carbonyl (C=O) groups is 1. The Balaban J connectivity index is 1.83. The van der Waals surface area contributed by atoms with Gasteiger partial charge in [0.15, 0.2) is 0 Å². The lowest BCUT2D eigenvalue weighted by atomic mass is 10.1. The van der Waals surface area contributed by atoms with Crippen LogP contribution in [0.4, 0.5) is 0 Å². The summed E-state index contributed by atoms with van der Waals surface area (Å²) < 4.78 is 5.20. The number of carboxylic acid groups (broad SMARTS) is 1. The number of aromatic nitrogens is 4. The van der Waals surface area contributed by atoms with E-state index in [2.05, 4.69) is 41.5 Å². The number of thiazole rings is 1. The van der Waals surface area contributed by atoms with Crippen molar-refractivity contribution < 1.29 is 9.90 Å². The first-order chi connectivity index (χ1) is 14.3. The predicted octanol–water partition coefficient (Wildman–Crippen LogP) is 5.50. The zero-order valence-electron chi connectivity index (χ0n) is 17.5. The first-order valence-corrected chi connectivity index (χ1v) is 10.7. The van der Waals surface area contributed by atoms with Gasteiger partial charge in [0.05, 0.1) is 22.8 Å². The maximum absolute atomic E-state index is 11.6. The Hall–Kier alpha value is -3.19. The molecular formula is C23H24N4O2S. The Bertz CT molecular complexity index is 1230. The summed E-state index contributed by atoms with van der Waals surface area (Å²) in [6.07, 6.45) is 3.69. The first kappa shape index (κ1) is 20.1. The van der Waals surface area contributed by atoms with Gasteiger partial charge >= 0.3 is 5.97 Å². The van der Waals surface area contributed by atoms with Gasteiger partial charge in [0, 0.05) is 23.5 Å². The molecule has 0 radical (unpaired) electrons. The fraction of sp³-hybridized carbons (Fsp3) is 0.261. The number of rotatable bonds is 6. The van der Waals surface area contributed by atoms with Crippen molar-refractivity contribution >= 4 is 39.2 Å². The topological polar surface area (TPSA) is 72.9 Å². The zero-order chi connectivity index (χ0) is 21.4. The normalized spacial score (nSPS) is 12.2. The summed E-state index contributed by atoms with van der Waals surface area (Å²) >= 11 is 1.52. The maximum Gasteiger partial charge on any atom is 0.307 e. The lowest BCUT2D eigenvalue weighted by Gasteiger charge is -2.15. The van der Waals surface area contributed by atoms with Crippen LogP contribution in [0.5, 0.6) is 0 Å². The minimum absolute atomic E-state index is 0.0760.